The van der Waals surface area contributed by atoms with E-state index in [1.165, 1.54) is 6.21 Å². The van der Waals surface area contributed by atoms with Gasteiger partial charge in [0.2, 0.25) is 0 Å². The van der Waals surface area contributed by atoms with Crippen molar-refractivity contribution in [2.75, 3.05) is 13.2 Å². The first-order valence-corrected chi connectivity index (χ1v) is 9.44. The predicted molar refractivity (Wildman–Crippen MR) is 113 cm³/mol. The van der Waals surface area contributed by atoms with Gasteiger partial charge in [-0.05, 0) is 55.8 Å². The van der Waals surface area contributed by atoms with Crippen LogP contribution in [-0.2, 0) is 9.53 Å². The number of carbonyl (C=O) groups is 2. The van der Waals surface area contributed by atoms with Gasteiger partial charge in [-0.1, -0.05) is 24.3 Å². The van der Waals surface area contributed by atoms with Crippen molar-refractivity contribution in [2.24, 2.45) is 5.10 Å². The second kappa shape index (κ2) is 10.1. The summed E-state index contributed by atoms with van der Waals surface area (Å²) < 4.78 is 16.1. The molecule has 0 saturated carbocycles. The van der Waals surface area contributed by atoms with E-state index in [2.05, 4.69) is 10.5 Å². The molecule has 1 amide bonds. The minimum absolute atomic E-state index is 0.142. The molecule has 3 aromatic rings. The molecule has 3 rings (SSSR count). The van der Waals surface area contributed by atoms with Crippen molar-refractivity contribution in [1.29, 1.82) is 0 Å². The van der Waals surface area contributed by atoms with Gasteiger partial charge in [0.1, 0.15) is 17.3 Å². The van der Waals surface area contributed by atoms with E-state index in [-0.39, 0.29) is 18.5 Å². The molecular weight excluding hydrogens is 384 g/mol. The lowest BCUT2D eigenvalue weighted by atomic mass is 10.1. The molecule has 30 heavy (non-hydrogen) atoms. The minimum Gasteiger partial charge on any atom is -0.484 e. The largest absolute Gasteiger partial charge is 0.484 e. The lowest BCUT2D eigenvalue weighted by Crippen LogP contribution is -2.24. The van der Waals surface area contributed by atoms with E-state index < -0.39 is 0 Å². The Bertz CT molecular complexity index is 1040. The fraction of sp³-hybridized carbons (Fsp3) is 0.174. The molecule has 0 aliphatic rings. The number of furan rings is 1. The predicted octanol–water partition coefficient (Wildman–Crippen LogP) is 3.96. The Labute approximate surface area is 174 Å². The van der Waals surface area contributed by atoms with Crippen molar-refractivity contribution in [1.82, 2.24) is 5.43 Å². The van der Waals surface area contributed by atoms with Crippen molar-refractivity contribution >= 4 is 18.1 Å². The van der Waals surface area contributed by atoms with Gasteiger partial charge < -0.3 is 13.9 Å². The molecule has 0 aliphatic heterocycles. The van der Waals surface area contributed by atoms with Gasteiger partial charge in [0.15, 0.2) is 6.61 Å². The van der Waals surface area contributed by atoms with E-state index in [0.29, 0.717) is 29.4 Å². The molecule has 0 radical (unpaired) electrons. The van der Waals surface area contributed by atoms with Gasteiger partial charge in [-0.3, -0.25) is 4.79 Å². The van der Waals surface area contributed by atoms with Crippen LogP contribution in [0.2, 0.25) is 0 Å². The van der Waals surface area contributed by atoms with E-state index in [9.17, 15) is 9.59 Å². The molecular formula is C23H22N2O5. The molecule has 2 aromatic carbocycles. The van der Waals surface area contributed by atoms with Gasteiger partial charge >= 0.3 is 5.97 Å². The molecule has 1 aromatic heterocycles. The SMILES string of the molecule is CCOC(=O)c1ccc(-c2ccc(C=NNC(=O)COc3cccc(C)c3)o2)cc1. The second-order valence-electron chi connectivity index (χ2n) is 6.40. The number of ether oxygens (including phenoxy) is 2. The van der Waals surface area contributed by atoms with E-state index in [4.69, 9.17) is 13.9 Å². The van der Waals surface area contributed by atoms with E-state index >= 15 is 0 Å². The number of aryl methyl sites for hydroxylation is 1. The molecule has 154 valence electrons. The Kier molecular flexibility index (Phi) is 7.00. The first-order chi connectivity index (χ1) is 14.5. The molecule has 0 atom stereocenters. The van der Waals surface area contributed by atoms with Crippen LogP contribution in [0.3, 0.4) is 0 Å². The number of hydrazone groups is 1. The summed E-state index contributed by atoms with van der Waals surface area (Å²) in [4.78, 5) is 23.5. The normalized spacial score (nSPS) is 10.7. The Morgan fingerprint density at radius 1 is 1.10 bits per heavy atom. The number of hydrogen-bond donors (Lipinski definition) is 1. The number of nitrogens with one attached hydrogen (secondary N) is 1. The van der Waals surface area contributed by atoms with Gasteiger partial charge in [-0.2, -0.15) is 5.10 Å². The molecule has 0 bridgehead atoms. The fourth-order valence-corrected chi connectivity index (χ4v) is 2.62. The number of hydrogen-bond acceptors (Lipinski definition) is 6. The van der Waals surface area contributed by atoms with Crippen molar-refractivity contribution in [3.63, 3.8) is 0 Å². The van der Waals surface area contributed by atoms with Gasteiger partial charge in [-0.15, -0.1) is 0 Å². The Morgan fingerprint density at radius 2 is 1.90 bits per heavy atom. The van der Waals surface area contributed by atoms with Gasteiger partial charge in [0.25, 0.3) is 5.91 Å². The van der Waals surface area contributed by atoms with Crippen LogP contribution < -0.4 is 10.2 Å². The maximum absolute atomic E-state index is 11.8. The highest BCUT2D eigenvalue weighted by Crippen LogP contribution is 2.22. The molecule has 0 spiro atoms. The Morgan fingerprint density at radius 3 is 2.63 bits per heavy atom. The first kappa shape index (κ1) is 20.9. The van der Waals surface area contributed by atoms with Crippen LogP contribution in [0.15, 0.2) is 70.2 Å². The number of benzene rings is 2. The summed E-state index contributed by atoms with van der Waals surface area (Å²) in [5.41, 5.74) is 4.72. The third kappa shape index (κ3) is 5.81. The van der Waals surface area contributed by atoms with E-state index in [1.54, 1.807) is 49.4 Å². The third-order valence-electron chi connectivity index (χ3n) is 4.05. The highest BCUT2D eigenvalue weighted by molar-refractivity contribution is 5.90. The third-order valence-corrected chi connectivity index (χ3v) is 4.05. The summed E-state index contributed by atoms with van der Waals surface area (Å²) >= 11 is 0. The number of nitrogens with zero attached hydrogens (tertiary/aromatic N) is 1. The molecule has 0 saturated heterocycles. The summed E-state index contributed by atoms with van der Waals surface area (Å²) in [5, 5.41) is 3.88. The van der Waals surface area contributed by atoms with Crippen molar-refractivity contribution in [3.8, 4) is 17.1 Å². The zero-order valence-electron chi connectivity index (χ0n) is 16.8. The van der Waals surface area contributed by atoms with Crippen LogP contribution in [0.1, 0.15) is 28.6 Å². The molecule has 7 heteroatoms. The lowest BCUT2D eigenvalue weighted by molar-refractivity contribution is -0.123. The molecule has 1 N–H and O–H groups in total. The maximum atomic E-state index is 11.8. The molecule has 0 unspecified atom stereocenters. The summed E-state index contributed by atoms with van der Waals surface area (Å²) in [7, 11) is 0. The Balaban J connectivity index is 1.51. The van der Waals surface area contributed by atoms with E-state index in [0.717, 1.165) is 11.1 Å². The topological polar surface area (TPSA) is 90.1 Å². The monoisotopic (exact) mass is 406 g/mol. The van der Waals surface area contributed by atoms with Crippen LogP contribution in [0.5, 0.6) is 5.75 Å². The highest BCUT2D eigenvalue weighted by Gasteiger charge is 2.08. The average Bonchev–Trinajstić information content (AvgIpc) is 3.21. The zero-order chi connectivity index (χ0) is 21.3. The van der Waals surface area contributed by atoms with E-state index in [1.807, 2.05) is 25.1 Å². The first-order valence-electron chi connectivity index (χ1n) is 9.44. The second-order valence-corrected chi connectivity index (χ2v) is 6.40. The van der Waals surface area contributed by atoms with Crippen LogP contribution in [0.4, 0.5) is 0 Å². The van der Waals surface area contributed by atoms with Gasteiger partial charge in [-0.25, -0.2) is 10.2 Å². The van der Waals surface area contributed by atoms with Gasteiger partial charge in [0.05, 0.1) is 18.4 Å². The van der Waals surface area contributed by atoms with Crippen LogP contribution in [-0.4, -0.2) is 31.3 Å². The van der Waals surface area contributed by atoms with Crippen LogP contribution >= 0.6 is 0 Å². The number of rotatable bonds is 8. The quantitative estimate of drug-likeness (QED) is 0.347. The summed E-state index contributed by atoms with van der Waals surface area (Å²) in [5.74, 6) is 0.964. The van der Waals surface area contributed by atoms with Crippen LogP contribution in [0.25, 0.3) is 11.3 Å². The Hall–Kier alpha value is -3.87. The smallest absolute Gasteiger partial charge is 0.338 e. The molecule has 0 aliphatic carbocycles. The molecule has 0 fully saturated rings. The van der Waals surface area contributed by atoms with Crippen molar-refractivity contribution < 1.29 is 23.5 Å². The van der Waals surface area contributed by atoms with Crippen molar-refractivity contribution in [3.05, 3.63) is 77.6 Å². The lowest BCUT2D eigenvalue weighted by Gasteiger charge is -2.05. The minimum atomic E-state index is -0.380. The summed E-state index contributed by atoms with van der Waals surface area (Å²) in [6, 6.07) is 17.9. The number of amides is 1. The summed E-state index contributed by atoms with van der Waals surface area (Å²) in [6.07, 6.45) is 1.40. The average molecular weight is 406 g/mol. The maximum Gasteiger partial charge on any atom is 0.338 e. The molecule has 1 heterocycles. The highest BCUT2D eigenvalue weighted by atomic mass is 16.5. The van der Waals surface area contributed by atoms with Crippen molar-refractivity contribution in [2.45, 2.75) is 13.8 Å². The molecule has 7 nitrogen and oxygen atoms in total. The summed E-state index contributed by atoms with van der Waals surface area (Å²) in [6.45, 7) is 3.90. The number of carbonyl (C=O) groups excluding carboxylic acids is 2. The fourth-order valence-electron chi connectivity index (χ4n) is 2.62. The number of esters is 1. The standard InChI is InChI=1S/C23H22N2O5/c1-3-28-23(27)18-9-7-17(8-10-18)21-12-11-20(30-21)14-24-25-22(26)15-29-19-6-4-5-16(2)13-19/h4-14H,3,15H2,1-2H3,(H,25,26). The zero-order valence-corrected chi connectivity index (χ0v) is 16.8. The van der Waals surface area contributed by atoms with Gasteiger partial charge in [0, 0.05) is 5.56 Å². The van der Waals surface area contributed by atoms with Crippen LogP contribution in [0, 0.1) is 6.92 Å².